The third-order valence-electron chi connectivity index (χ3n) is 5.53. The number of carbonyl (C=O) groups excluding carboxylic acids is 1. The standard InChI is InChI=1S/C24H30N4O4/c1-32-23-7-3-2-6-22(23)27-18-16-26(17-19-27)15-5-4-14-25-24(29)13-10-20-8-11-21(12-9-20)28(30)31/h2-3,6-13H,4-5,14-19H2,1H3,(H,25,29)/b13-10+. The van der Waals surface area contributed by atoms with E-state index in [0.717, 1.165) is 62.6 Å². The number of methoxy groups -OCH3 is 1. The van der Waals surface area contributed by atoms with Crippen LogP contribution in [0, 0.1) is 10.1 Å². The maximum absolute atomic E-state index is 11.9. The van der Waals surface area contributed by atoms with E-state index in [1.54, 1.807) is 25.3 Å². The number of nitrogens with one attached hydrogen (secondary N) is 1. The fraction of sp³-hybridized carbons (Fsp3) is 0.375. The molecule has 0 radical (unpaired) electrons. The van der Waals surface area contributed by atoms with Crippen LogP contribution in [0.3, 0.4) is 0 Å². The van der Waals surface area contributed by atoms with Gasteiger partial charge in [-0.1, -0.05) is 12.1 Å². The summed E-state index contributed by atoms with van der Waals surface area (Å²) >= 11 is 0. The minimum absolute atomic E-state index is 0.0350. The molecule has 0 aliphatic carbocycles. The first-order valence-corrected chi connectivity index (χ1v) is 10.9. The average molecular weight is 439 g/mol. The van der Waals surface area contributed by atoms with E-state index < -0.39 is 4.92 Å². The van der Waals surface area contributed by atoms with Gasteiger partial charge in [-0.25, -0.2) is 0 Å². The van der Waals surface area contributed by atoms with Gasteiger partial charge in [0.05, 0.1) is 17.7 Å². The van der Waals surface area contributed by atoms with E-state index in [-0.39, 0.29) is 11.6 Å². The highest BCUT2D eigenvalue weighted by Gasteiger charge is 2.19. The fourth-order valence-electron chi connectivity index (χ4n) is 3.71. The van der Waals surface area contributed by atoms with Gasteiger partial charge in [0.1, 0.15) is 5.75 Å². The molecule has 32 heavy (non-hydrogen) atoms. The number of piperazine rings is 1. The Morgan fingerprint density at radius 2 is 1.81 bits per heavy atom. The van der Waals surface area contributed by atoms with E-state index in [4.69, 9.17) is 4.74 Å². The Balaban J connectivity index is 1.30. The lowest BCUT2D eigenvalue weighted by Gasteiger charge is -2.36. The van der Waals surface area contributed by atoms with Crippen molar-refractivity contribution >= 4 is 23.4 Å². The fourth-order valence-corrected chi connectivity index (χ4v) is 3.71. The largest absolute Gasteiger partial charge is 0.495 e. The molecule has 2 aromatic rings. The molecule has 0 spiro atoms. The van der Waals surface area contributed by atoms with Crippen LogP contribution < -0.4 is 15.0 Å². The number of nitro benzene ring substituents is 1. The lowest BCUT2D eigenvalue weighted by molar-refractivity contribution is -0.384. The van der Waals surface area contributed by atoms with Crippen LogP contribution >= 0.6 is 0 Å². The van der Waals surface area contributed by atoms with Crippen LogP contribution in [0.4, 0.5) is 11.4 Å². The van der Waals surface area contributed by atoms with E-state index >= 15 is 0 Å². The van der Waals surface area contributed by atoms with Crippen molar-refractivity contribution in [2.45, 2.75) is 12.8 Å². The highest BCUT2D eigenvalue weighted by molar-refractivity contribution is 5.91. The van der Waals surface area contributed by atoms with Gasteiger partial charge in [0, 0.05) is 50.9 Å². The van der Waals surface area contributed by atoms with Crippen LogP contribution in [0.25, 0.3) is 6.08 Å². The normalized spacial score (nSPS) is 14.5. The summed E-state index contributed by atoms with van der Waals surface area (Å²) in [6, 6.07) is 14.2. The van der Waals surface area contributed by atoms with E-state index in [2.05, 4.69) is 21.2 Å². The first-order valence-electron chi connectivity index (χ1n) is 10.9. The highest BCUT2D eigenvalue weighted by Crippen LogP contribution is 2.28. The maximum atomic E-state index is 11.9. The number of anilines is 1. The second-order valence-electron chi connectivity index (χ2n) is 7.68. The monoisotopic (exact) mass is 438 g/mol. The van der Waals surface area contributed by atoms with Gasteiger partial charge in [-0.2, -0.15) is 0 Å². The molecule has 8 heteroatoms. The zero-order chi connectivity index (χ0) is 22.8. The predicted octanol–water partition coefficient (Wildman–Crippen LogP) is 3.34. The van der Waals surface area contributed by atoms with Crippen LogP contribution in [-0.4, -0.2) is 62.1 Å². The Morgan fingerprint density at radius 1 is 1.09 bits per heavy atom. The molecular formula is C24H30N4O4. The quantitative estimate of drug-likeness (QED) is 0.265. The summed E-state index contributed by atoms with van der Waals surface area (Å²) in [6.07, 6.45) is 5.06. The molecule has 0 atom stereocenters. The molecule has 1 aliphatic rings. The number of carbonyl (C=O) groups is 1. The molecule has 1 amide bonds. The molecule has 0 aromatic heterocycles. The van der Waals surface area contributed by atoms with Crippen LogP contribution in [-0.2, 0) is 4.79 Å². The second kappa shape index (κ2) is 11.9. The van der Waals surface area contributed by atoms with Crippen LogP contribution in [0.2, 0.25) is 0 Å². The summed E-state index contributed by atoms with van der Waals surface area (Å²) in [6.45, 7) is 5.64. The number of ether oxygens (including phenoxy) is 1. The van der Waals surface area contributed by atoms with Crippen molar-refractivity contribution in [1.29, 1.82) is 0 Å². The van der Waals surface area contributed by atoms with Crippen molar-refractivity contribution in [3.63, 3.8) is 0 Å². The van der Waals surface area contributed by atoms with Gasteiger partial charge in [-0.15, -0.1) is 0 Å². The third-order valence-corrected chi connectivity index (χ3v) is 5.53. The van der Waals surface area contributed by atoms with Crippen molar-refractivity contribution in [2.75, 3.05) is 51.3 Å². The van der Waals surface area contributed by atoms with E-state index in [9.17, 15) is 14.9 Å². The molecule has 0 bridgehead atoms. The first kappa shape index (κ1) is 23.3. The summed E-state index contributed by atoms with van der Waals surface area (Å²) in [5.41, 5.74) is 1.94. The van der Waals surface area contributed by atoms with Gasteiger partial charge >= 0.3 is 0 Å². The van der Waals surface area contributed by atoms with E-state index in [1.807, 2.05) is 18.2 Å². The molecule has 1 heterocycles. The Bertz CT molecular complexity index is 922. The van der Waals surface area contributed by atoms with Crippen LogP contribution in [0.15, 0.2) is 54.6 Å². The Labute approximate surface area is 188 Å². The summed E-state index contributed by atoms with van der Waals surface area (Å²) in [5, 5.41) is 13.5. The Kier molecular flexibility index (Phi) is 8.62. The lowest BCUT2D eigenvalue weighted by atomic mass is 10.2. The molecule has 0 saturated carbocycles. The summed E-state index contributed by atoms with van der Waals surface area (Å²) in [5.74, 6) is 0.757. The van der Waals surface area contributed by atoms with Crippen molar-refractivity contribution in [1.82, 2.24) is 10.2 Å². The molecular weight excluding hydrogens is 408 g/mol. The second-order valence-corrected chi connectivity index (χ2v) is 7.68. The molecule has 1 fully saturated rings. The van der Waals surface area contributed by atoms with Gasteiger partial charge in [-0.05, 0) is 55.3 Å². The Hall–Kier alpha value is -3.39. The number of para-hydroxylation sites is 2. The summed E-state index contributed by atoms with van der Waals surface area (Å²) < 4.78 is 5.47. The molecule has 1 aliphatic heterocycles. The maximum Gasteiger partial charge on any atom is 0.269 e. The van der Waals surface area contributed by atoms with Gasteiger partial charge in [-0.3, -0.25) is 19.8 Å². The van der Waals surface area contributed by atoms with Gasteiger partial charge in [0.25, 0.3) is 5.69 Å². The van der Waals surface area contributed by atoms with Crippen LogP contribution in [0.5, 0.6) is 5.75 Å². The lowest BCUT2D eigenvalue weighted by Crippen LogP contribution is -2.46. The number of nitrogens with zero attached hydrogens (tertiary/aromatic N) is 3. The summed E-state index contributed by atoms with van der Waals surface area (Å²) in [4.78, 5) is 27.0. The number of amides is 1. The van der Waals surface area contributed by atoms with Gasteiger partial charge in [0.2, 0.25) is 5.91 Å². The highest BCUT2D eigenvalue weighted by atomic mass is 16.6. The zero-order valence-corrected chi connectivity index (χ0v) is 18.4. The Morgan fingerprint density at radius 3 is 2.50 bits per heavy atom. The smallest absolute Gasteiger partial charge is 0.269 e. The number of rotatable bonds is 10. The van der Waals surface area contributed by atoms with Crippen molar-refractivity contribution < 1.29 is 14.5 Å². The number of non-ortho nitro benzene ring substituents is 1. The number of unbranched alkanes of at least 4 members (excludes halogenated alkanes) is 1. The molecule has 1 saturated heterocycles. The molecule has 0 unspecified atom stereocenters. The van der Waals surface area contributed by atoms with Crippen molar-refractivity contribution in [3.8, 4) is 5.75 Å². The number of hydrogen-bond donors (Lipinski definition) is 1. The van der Waals surface area contributed by atoms with E-state index in [1.165, 1.54) is 18.2 Å². The zero-order valence-electron chi connectivity index (χ0n) is 18.4. The van der Waals surface area contributed by atoms with Crippen molar-refractivity contribution in [3.05, 3.63) is 70.3 Å². The molecule has 2 aromatic carbocycles. The average Bonchev–Trinajstić information content (AvgIpc) is 2.83. The van der Waals surface area contributed by atoms with Crippen LogP contribution in [0.1, 0.15) is 18.4 Å². The van der Waals surface area contributed by atoms with Gasteiger partial charge in [0.15, 0.2) is 0 Å². The SMILES string of the molecule is COc1ccccc1N1CCN(CCCCNC(=O)/C=C/c2ccc([N+](=O)[O-])cc2)CC1. The molecule has 3 rings (SSSR count). The molecule has 8 nitrogen and oxygen atoms in total. The van der Waals surface area contributed by atoms with E-state index in [0.29, 0.717) is 6.54 Å². The third kappa shape index (κ3) is 6.81. The minimum Gasteiger partial charge on any atom is -0.495 e. The van der Waals surface area contributed by atoms with Crippen molar-refractivity contribution in [2.24, 2.45) is 0 Å². The number of hydrogen-bond acceptors (Lipinski definition) is 6. The first-order chi connectivity index (χ1) is 15.6. The number of benzene rings is 2. The topological polar surface area (TPSA) is 88.0 Å². The van der Waals surface area contributed by atoms with Gasteiger partial charge < -0.3 is 15.0 Å². The summed E-state index contributed by atoms with van der Waals surface area (Å²) in [7, 11) is 1.71. The molecule has 170 valence electrons. The number of nitro groups is 1. The molecule has 1 N–H and O–H groups in total. The predicted molar refractivity (Wildman–Crippen MR) is 126 cm³/mol. The minimum atomic E-state index is -0.444.